The van der Waals surface area contributed by atoms with E-state index in [4.69, 9.17) is 21.4 Å². The first-order valence-electron chi connectivity index (χ1n) is 10.9. The van der Waals surface area contributed by atoms with Crippen LogP contribution in [0.25, 0.3) is 0 Å². The lowest BCUT2D eigenvalue weighted by Gasteiger charge is -2.18. The van der Waals surface area contributed by atoms with E-state index in [-0.39, 0.29) is 37.7 Å². The number of nitrogens with one attached hydrogen (secondary N) is 6. The van der Waals surface area contributed by atoms with Crippen molar-refractivity contribution in [3.63, 3.8) is 0 Å². The van der Waals surface area contributed by atoms with Crippen molar-refractivity contribution in [3.05, 3.63) is 0 Å². The van der Waals surface area contributed by atoms with Gasteiger partial charge in [-0.05, 0) is 26.2 Å². The van der Waals surface area contributed by atoms with Gasteiger partial charge < -0.3 is 42.0 Å². The average molecular weight is 536 g/mol. The zero-order chi connectivity index (χ0) is 27.5. The maximum absolute atomic E-state index is 12.2. The van der Waals surface area contributed by atoms with E-state index in [1.165, 1.54) is 0 Å². The summed E-state index contributed by atoms with van der Waals surface area (Å²) >= 11 is 0.696. The topological polar surface area (TPSA) is 262 Å². The molecular weight excluding hydrogens is 502 g/mol. The first-order chi connectivity index (χ1) is 17.0. The number of unbranched alkanes of at least 4 members (excludes halogenated alkanes) is 1. The van der Waals surface area contributed by atoms with Gasteiger partial charge in [0.05, 0.1) is 6.61 Å². The molecule has 10 N–H and O–H groups in total. The molecule has 0 saturated carbocycles. The van der Waals surface area contributed by atoms with E-state index >= 15 is 0 Å². The molecule has 0 aromatic rings. The fourth-order valence-corrected chi connectivity index (χ4v) is 3.08. The lowest BCUT2D eigenvalue weighted by atomic mass is 10.1. The molecule has 0 aromatic heterocycles. The van der Waals surface area contributed by atoms with Crippen LogP contribution in [0.15, 0.2) is 0 Å². The number of carboxylic acid groups (broad SMARTS) is 2. The van der Waals surface area contributed by atoms with E-state index in [2.05, 4.69) is 31.3 Å². The zero-order valence-electron chi connectivity index (χ0n) is 19.8. The van der Waals surface area contributed by atoms with Crippen molar-refractivity contribution in [1.29, 1.82) is 5.41 Å². The predicted molar refractivity (Wildman–Crippen MR) is 128 cm³/mol. The molecule has 16 nitrogen and oxygen atoms in total. The summed E-state index contributed by atoms with van der Waals surface area (Å²) in [5.41, 5.74) is 5.34. The van der Waals surface area contributed by atoms with Crippen LogP contribution < -0.4 is 32.3 Å². The number of rotatable bonds is 16. The molecule has 2 atom stereocenters. The van der Waals surface area contributed by atoms with Gasteiger partial charge in [0.25, 0.3) is 5.24 Å². The average Bonchev–Trinajstić information content (AvgIpc) is 2.80. The van der Waals surface area contributed by atoms with Crippen LogP contribution in [-0.4, -0.2) is 95.3 Å². The second-order valence-electron chi connectivity index (χ2n) is 7.09. The quantitative estimate of drug-likeness (QED) is 0.0612. The van der Waals surface area contributed by atoms with Crippen LogP contribution in [-0.2, 0) is 23.9 Å². The predicted octanol–water partition coefficient (Wildman–Crippen LogP) is -1.64. The molecule has 0 aliphatic carbocycles. The third-order valence-corrected chi connectivity index (χ3v) is 5.03. The van der Waals surface area contributed by atoms with E-state index in [0.29, 0.717) is 31.1 Å². The second kappa shape index (κ2) is 18.7. The van der Waals surface area contributed by atoms with E-state index in [9.17, 15) is 28.8 Å². The number of carbonyl (C=O) groups excluding carboxylic acids is 4. The smallest absolute Gasteiger partial charge is 0.413 e. The van der Waals surface area contributed by atoms with Gasteiger partial charge in [-0.3, -0.25) is 34.7 Å². The van der Waals surface area contributed by atoms with Gasteiger partial charge in [-0.1, -0.05) is 11.8 Å². The minimum absolute atomic E-state index is 0.175. The van der Waals surface area contributed by atoms with Crippen LogP contribution >= 0.6 is 11.8 Å². The summed E-state index contributed by atoms with van der Waals surface area (Å²) < 4.78 is 4.63. The Morgan fingerprint density at radius 1 is 1.03 bits per heavy atom. The summed E-state index contributed by atoms with van der Waals surface area (Å²) in [6, 6.07) is -2.50. The number of ether oxygens (including phenoxy) is 1. The molecule has 0 aliphatic rings. The molecular formula is C19H33N7O9S. The minimum Gasteiger partial charge on any atom is -0.480 e. The molecule has 0 saturated heterocycles. The number of amides is 4. The van der Waals surface area contributed by atoms with Crippen molar-refractivity contribution < 1.29 is 43.7 Å². The molecule has 4 amide bonds. The molecule has 0 rings (SSSR count). The first kappa shape index (κ1) is 32.4. The monoisotopic (exact) mass is 535 g/mol. The van der Waals surface area contributed by atoms with Gasteiger partial charge in [-0.15, -0.1) is 0 Å². The summed E-state index contributed by atoms with van der Waals surface area (Å²) in [5, 5.41) is 36.4. The second-order valence-corrected chi connectivity index (χ2v) is 8.09. The molecule has 0 aromatic carbocycles. The highest BCUT2D eigenvalue weighted by atomic mass is 32.2. The summed E-state index contributed by atoms with van der Waals surface area (Å²) in [6.07, 6.45) is -0.102. The van der Waals surface area contributed by atoms with Crippen LogP contribution in [0.1, 0.15) is 32.6 Å². The van der Waals surface area contributed by atoms with E-state index in [1.807, 2.05) is 0 Å². The molecule has 0 heterocycles. The maximum Gasteiger partial charge on any atom is 0.413 e. The molecule has 36 heavy (non-hydrogen) atoms. The van der Waals surface area contributed by atoms with Crippen molar-refractivity contribution in [2.75, 3.05) is 32.0 Å². The van der Waals surface area contributed by atoms with Crippen LogP contribution in [0.3, 0.4) is 0 Å². The molecule has 17 heteroatoms. The Morgan fingerprint density at radius 2 is 1.67 bits per heavy atom. The van der Waals surface area contributed by atoms with Crippen LogP contribution in [0, 0.1) is 5.41 Å². The largest absolute Gasteiger partial charge is 0.480 e. The molecule has 204 valence electrons. The summed E-state index contributed by atoms with van der Waals surface area (Å²) in [4.78, 5) is 68.9. The lowest BCUT2D eigenvalue weighted by molar-refractivity contribution is -0.139. The van der Waals surface area contributed by atoms with Gasteiger partial charge in [-0.25, -0.2) is 4.79 Å². The van der Waals surface area contributed by atoms with Gasteiger partial charge in [0.1, 0.15) is 18.6 Å². The number of nitrogens with two attached hydrogens (primary N) is 1. The Morgan fingerprint density at radius 3 is 2.25 bits per heavy atom. The van der Waals surface area contributed by atoms with Crippen LogP contribution in [0.5, 0.6) is 0 Å². The highest BCUT2D eigenvalue weighted by Crippen LogP contribution is 2.06. The van der Waals surface area contributed by atoms with Crippen molar-refractivity contribution in [2.24, 2.45) is 5.73 Å². The fourth-order valence-electron chi connectivity index (χ4n) is 2.32. The number of carbonyl (C=O) groups is 6. The third-order valence-electron chi connectivity index (χ3n) is 4.12. The normalized spacial score (nSPS) is 11.8. The Labute approximate surface area is 211 Å². The van der Waals surface area contributed by atoms with E-state index < -0.39 is 53.7 Å². The first-order valence-corrected chi connectivity index (χ1v) is 11.9. The van der Waals surface area contributed by atoms with Crippen molar-refractivity contribution >= 4 is 52.8 Å². The highest BCUT2D eigenvalue weighted by Gasteiger charge is 2.23. The summed E-state index contributed by atoms with van der Waals surface area (Å²) in [5.74, 6) is -4.50. The van der Waals surface area contributed by atoms with Crippen molar-refractivity contribution in [2.45, 2.75) is 44.7 Å². The van der Waals surface area contributed by atoms with Gasteiger partial charge >= 0.3 is 18.0 Å². The Bertz CT molecular complexity index is 797. The summed E-state index contributed by atoms with van der Waals surface area (Å²) in [7, 11) is 0. The molecule has 0 unspecified atom stereocenters. The molecule has 0 spiro atoms. The third kappa shape index (κ3) is 16.9. The Hall–Kier alpha value is -3.60. The van der Waals surface area contributed by atoms with Gasteiger partial charge in [-0.2, -0.15) is 0 Å². The van der Waals surface area contributed by atoms with Gasteiger partial charge in [0.15, 0.2) is 5.96 Å². The molecule has 0 bridgehead atoms. The van der Waals surface area contributed by atoms with Crippen LogP contribution in [0.2, 0.25) is 0 Å². The number of hydrogen-bond acceptors (Lipinski definition) is 10. The number of guanidine groups is 1. The number of hydrogen-bond donors (Lipinski definition) is 9. The molecule has 0 radical (unpaired) electrons. The highest BCUT2D eigenvalue weighted by molar-refractivity contribution is 8.13. The van der Waals surface area contributed by atoms with Gasteiger partial charge in [0.2, 0.25) is 11.8 Å². The van der Waals surface area contributed by atoms with E-state index in [1.54, 1.807) is 6.92 Å². The molecule has 0 aliphatic heterocycles. The van der Waals surface area contributed by atoms with Crippen LogP contribution in [0.4, 0.5) is 9.59 Å². The standard InChI is InChI=1S/C19H33N7O9S/c1-2-35-18(33)26-17(21)22-7-3-4-8-23-19(34)36-10-12(15(30)24-9-14(28)29)25-13(27)6-5-11(20)16(31)32/h11-12H,2-10,20H2,1H3,(H,23,34)(H,24,30)(H,25,27)(H,28,29)(H,31,32)(H3,21,22,26,33)/t11-,12-/m1/s1. The Balaban J connectivity index is 4.41. The number of carboxylic acids is 2. The maximum atomic E-state index is 12.2. The van der Waals surface area contributed by atoms with E-state index in [0.717, 1.165) is 0 Å². The SMILES string of the molecule is CCOC(=O)NC(=N)NCCCCNC(=O)SC[C@@H](NC(=O)CC[C@@H](N)C(=O)O)C(=O)NCC(=O)O. The summed E-state index contributed by atoms with van der Waals surface area (Å²) in [6.45, 7) is 1.76. The number of alkyl carbamates (subject to hydrolysis) is 1. The minimum atomic E-state index is -1.30. The van der Waals surface area contributed by atoms with Crippen molar-refractivity contribution in [1.82, 2.24) is 26.6 Å². The Kier molecular flexibility index (Phi) is 16.8. The lowest BCUT2D eigenvalue weighted by Crippen LogP contribution is -2.49. The number of aliphatic carboxylic acids is 2. The van der Waals surface area contributed by atoms with Crippen molar-refractivity contribution in [3.8, 4) is 0 Å². The number of thioether (sulfide) groups is 1. The fraction of sp³-hybridized carbons (Fsp3) is 0.632. The zero-order valence-corrected chi connectivity index (χ0v) is 20.6. The molecule has 0 fully saturated rings. The van der Waals surface area contributed by atoms with Gasteiger partial charge in [0, 0.05) is 25.3 Å².